The molecule has 4 aromatic rings. The number of hydrogen-bond donors (Lipinski definition) is 0. The first kappa shape index (κ1) is 22.0. The number of anilines is 1. The summed E-state index contributed by atoms with van der Waals surface area (Å²) >= 11 is 1.40. The van der Waals surface area contributed by atoms with Crippen LogP contribution in [0.25, 0.3) is 21.2 Å². The number of aromatic nitrogens is 1. The van der Waals surface area contributed by atoms with Crippen LogP contribution in [0.2, 0.25) is 0 Å². The molecule has 7 nitrogen and oxygen atoms in total. The van der Waals surface area contributed by atoms with Gasteiger partial charge in [-0.1, -0.05) is 43.4 Å². The lowest BCUT2D eigenvalue weighted by molar-refractivity contribution is 0.0980. The third kappa shape index (κ3) is 4.37. The highest BCUT2D eigenvalue weighted by Gasteiger charge is 2.25. The topological polar surface area (TPSA) is 75.9 Å². The van der Waals surface area contributed by atoms with Gasteiger partial charge in [-0.3, -0.25) is 9.69 Å². The highest BCUT2D eigenvalue weighted by atomic mass is 32.1. The summed E-state index contributed by atoms with van der Waals surface area (Å²) in [5.74, 6) is 0.312. The van der Waals surface area contributed by atoms with Crippen LogP contribution in [0.15, 0.2) is 57.7 Å². The number of hydrogen-bond acceptors (Lipinski definition) is 7. The number of methoxy groups -OCH3 is 1. The fourth-order valence-corrected chi connectivity index (χ4v) is 4.58. The van der Waals surface area contributed by atoms with Gasteiger partial charge in [-0.2, -0.15) is 0 Å². The molecule has 1 amide bonds. The van der Waals surface area contributed by atoms with Crippen molar-refractivity contribution in [1.29, 1.82) is 0 Å². The van der Waals surface area contributed by atoms with Crippen molar-refractivity contribution in [2.75, 3.05) is 38.2 Å². The zero-order valence-corrected chi connectivity index (χ0v) is 19.1. The van der Waals surface area contributed by atoms with E-state index in [1.807, 2.05) is 30.3 Å². The van der Waals surface area contributed by atoms with Crippen molar-refractivity contribution in [3.8, 4) is 5.75 Å². The first-order valence-corrected chi connectivity index (χ1v) is 11.4. The van der Waals surface area contributed by atoms with Crippen LogP contribution < -0.4 is 15.3 Å². The number of thiazole rings is 1. The second kappa shape index (κ2) is 9.50. The molecule has 2 aromatic heterocycles. The fourth-order valence-electron chi connectivity index (χ4n) is 3.56. The van der Waals surface area contributed by atoms with Crippen LogP contribution in [0.5, 0.6) is 5.75 Å². The zero-order chi connectivity index (χ0) is 22.7. The maximum absolute atomic E-state index is 13.6. The van der Waals surface area contributed by atoms with Crippen molar-refractivity contribution in [1.82, 2.24) is 9.88 Å². The van der Waals surface area contributed by atoms with E-state index in [1.54, 1.807) is 30.2 Å². The van der Waals surface area contributed by atoms with Crippen molar-refractivity contribution in [2.45, 2.75) is 13.8 Å². The summed E-state index contributed by atoms with van der Waals surface area (Å²) in [6, 6.07) is 14.4. The Morgan fingerprint density at radius 1 is 1.09 bits per heavy atom. The van der Waals surface area contributed by atoms with Crippen LogP contribution in [-0.4, -0.2) is 49.1 Å². The zero-order valence-electron chi connectivity index (χ0n) is 18.3. The Balaban J connectivity index is 1.76. The molecule has 32 heavy (non-hydrogen) atoms. The molecular formula is C24H25N3O4S. The van der Waals surface area contributed by atoms with Crippen LogP contribution in [0.1, 0.15) is 24.2 Å². The van der Waals surface area contributed by atoms with Gasteiger partial charge in [0.25, 0.3) is 5.91 Å². The van der Waals surface area contributed by atoms with Gasteiger partial charge in [0.2, 0.25) is 0 Å². The van der Waals surface area contributed by atoms with E-state index in [-0.39, 0.29) is 5.56 Å². The van der Waals surface area contributed by atoms with Gasteiger partial charge in [-0.25, -0.2) is 9.78 Å². The minimum atomic E-state index is -0.649. The number of benzene rings is 2. The van der Waals surface area contributed by atoms with Gasteiger partial charge in [0, 0.05) is 18.5 Å². The molecule has 0 N–H and O–H groups in total. The molecule has 0 bridgehead atoms. The maximum Gasteiger partial charge on any atom is 0.349 e. The summed E-state index contributed by atoms with van der Waals surface area (Å²) in [5.41, 5.74) is 0.581. The van der Waals surface area contributed by atoms with Gasteiger partial charge in [0.05, 0.1) is 17.3 Å². The molecular weight excluding hydrogens is 426 g/mol. The monoisotopic (exact) mass is 451 g/mol. The molecule has 4 rings (SSSR count). The van der Waals surface area contributed by atoms with E-state index in [2.05, 4.69) is 23.7 Å². The molecule has 0 saturated carbocycles. The third-order valence-corrected chi connectivity index (χ3v) is 6.51. The molecule has 2 aromatic carbocycles. The lowest BCUT2D eigenvalue weighted by atomic mass is 10.1. The number of carbonyl (C=O) groups is 1. The van der Waals surface area contributed by atoms with Crippen LogP contribution in [-0.2, 0) is 0 Å². The number of ether oxygens (including phenoxy) is 1. The summed E-state index contributed by atoms with van der Waals surface area (Å²) < 4.78 is 11.6. The van der Waals surface area contributed by atoms with Crippen molar-refractivity contribution in [3.63, 3.8) is 0 Å². The van der Waals surface area contributed by atoms with Crippen molar-refractivity contribution in [2.24, 2.45) is 0 Å². The van der Waals surface area contributed by atoms with Gasteiger partial charge >= 0.3 is 5.63 Å². The normalized spacial score (nSPS) is 11.4. The predicted octanol–water partition coefficient (Wildman–Crippen LogP) is 4.40. The molecule has 0 aliphatic rings. The molecule has 166 valence electrons. The van der Waals surface area contributed by atoms with E-state index in [9.17, 15) is 9.59 Å². The molecule has 0 aliphatic carbocycles. The average Bonchev–Trinajstić information content (AvgIpc) is 3.24. The molecule has 0 fully saturated rings. The number of carbonyl (C=O) groups excluding carboxylic acids is 1. The van der Waals surface area contributed by atoms with Gasteiger partial charge in [0.15, 0.2) is 5.13 Å². The smallest absolute Gasteiger partial charge is 0.349 e. The van der Waals surface area contributed by atoms with Crippen LogP contribution in [0.4, 0.5) is 5.13 Å². The molecule has 0 spiro atoms. The Hall–Kier alpha value is -3.23. The van der Waals surface area contributed by atoms with Crippen LogP contribution in [0.3, 0.4) is 0 Å². The van der Waals surface area contributed by atoms with E-state index >= 15 is 0 Å². The van der Waals surface area contributed by atoms with Crippen LogP contribution in [0, 0.1) is 0 Å². The highest BCUT2D eigenvalue weighted by molar-refractivity contribution is 7.22. The fraction of sp³-hybridized carbons (Fsp3) is 0.292. The Labute approximate surface area is 189 Å². The SMILES string of the molecule is CCN(CC)CCN(C(=O)c1cc2ccccc2oc1=O)c1nc2ccc(OC)cc2s1. The summed E-state index contributed by atoms with van der Waals surface area (Å²) in [6.45, 7) is 6.97. The number of nitrogens with zero attached hydrogens (tertiary/aromatic N) is 3. The lowest BCUT2D eigenvalue weighted by Crippen LogP contribution is -2.40. The second-order valence-corrected chi connectivity index (χ2v) is 8.31. The molecule has 0 atom stereocenters. The van der Waals surface area contributed by atoms with E-state index in [0.717, 1.165) is 29.1 Å². The first-order chi connectivity index (χ1) is 15.5. The van der Waals surface area contributed by atoms with Gasteiger partial charge in [0.1, 0.15) is 16.9 Å². The van der Waals surface area contributed by atoms with E-state index in [4.69, 9.17) is 9.15 Å². The van der Waals surface area contributed by atoms with E-state index < -0.39 is 11.5 Å². The Morgan fingerprint density at radius 2 is 1.88 bits per heavy atom. The van der Waals surface area contributed by atoms with E-state index in [1.165, 1.54) is 11.3 Å². The molecule has 0 unspecified atom stereocenters. The largest absolute Gasteiger partial charge is 0.497 e. The molecule has 2 heterocycles. The minimum absolute atomic E-state index is 0.0000774. The average molecular weight is 452 g/mol. The predicted molar refractivity (Wildman–Crippen MR) is 128 cm³/mol. The number of fused-ring (bicyclic) bond motifs is 2. The molecule has 8 heteroatoms. The number of amides is 1. The molecule has 0 aliphatic heterocycles. The highest BCUT2D eigenvalue weighted by Crippen LogP contribution is 2.32. The number of para-hydroxylation sites is 1. The summed E-state index contributed by atoms with van der Waals surface area (Å²) in [4.78, 5) is 34.7. The molecule has 0 saturated heterocycles. The van der Waals surface area contributed by atoms with Gasteiger partial charge in [-0.15, -0.1) is 0 Å². The second-order valence-electron chi connectivity index (χ2n) is 7.30. The summed E-state index contributed by atoms with van der Waals surface area (Å²) in [7, 11) is 1.61. The Bertz CT molecular complexity index is 1310. The summed E-state index contributed by atoms with van der Waals surface area (Å²) in [6.07, 6.45) is 0. The van der Waals surface area contributed by atoms with E-state index in [0.29, 0.717) is 29.2 Å². The number of likely N-dealkylation sites (N-methyl/N-ethyl adjacent to an activating group) is 1. The Kier molecular flexibility index (Phi) is 6.53. The minimum Gasteiger partial charge on any atom is -0.497 e. The van der Waals surface area contributed by atoms with Crippen molar-refractivity contribution >= 4 is 43.6 Å². The lowest BCUT2D eigenvalue weighted by Gasteiger charge is -2.24. The standard InChI is InChI=1S/C24H25N3O4S/c1-4-26(5-2)12-13-27(24-25-19-11-10-17(30-3)15-21(19)32-24)22(28)18-14-16-8-6-7-9-20(16)31-23(18)29/h6-11,14-15H,4-5,12-13H2,1-3H3. The third-order valence-electron chi connectivity index (χ3n) is 5.47. The number of rotatable bonds is 8. The quantitative estimate of drug-likeness (QED) is 0.370. The van der Waals surface area contributed by atoms with Crippen LogP contribution >= 0.6 is 11.3 Å². The van der Waals surface area contributed by atoms with Crippen molar-refractivity contribution < 1.29 is 13.9 Å². The van der Waals surface area contributed by atoms with Crippen molar-refractivity contribution in [3.05, 3.63) is 64.5 Å². The maximum atomic E-state index is 13.6. The van der Waals surface area contributed by atoms with Gasteiger partial charge in [-0.05, 0) is 43.4 Å². The summed E-state index contributed by atoms with van der Waals surface area (Å²) in [5, 5.41) is 1.24. The Morgan fingerprint density at radius 3 is 2.62 bits per heavy atom. The van der Waals surface area contributed by atoms with Gasteiger partial charge < -0.3 is 14.1 Å². The molecule has 0 radical (unpaired) electrons. The first-order valence-electron chi connectivity index (χ1n) is 10.6.